The van der Waals surface area contributed by atoms with Gasteiger partial charge in [0.25, 0.3) is 11.7 Å². The topological polar surface area (TPSA) is 62.0 Å². The third kappa shape index (κ3) is 2.50. The molecule has 2 aromatic rings. The summed E-state index contributed by atoms with van der Waals surface area (Å²) in [6.07, 6.45) is 5.50. The predicted molar refractivity (Wildman–Crippen MR) is 73.8 cm³/mol. The van der Waals surface area contributed by atoms with Crippen molar-refractivity contribution >= 4 is 22.6 Å². The molecule has 1 aromatic carbocycles. The summed E-state index contributed by atoms with van der Waals surface area (Å²) < 4.78 is 0. The molecule has 0 radical (unpaired) electrons. The molecular formula is C15H14N2O2. The van der Waals surface area contributed by atoms with Crippen molar-refractivity contribution in [1.82, 2.24) is 10.3 Å². The molecule has 0 saturated carbocycles. The highest BCUT2D eigenvalue weighted by molar-refractivity contribution is 6.45. The molecule has 0 atom stereocenters. The van der Waals surface area contributed by atoms with Crippen LogP contribution >= 0.6 is 0 Å². The predicted octanol–water partition coefficient (Wildman–Crippen LogP) is 1.80. The minimum Gasteiger partial charge on any atom is -0.358 e. The van der Waals surface area contributed by atoms with Crippen LogP contribution in [0.3, 0.4) is 0 Å². The number of aromatic nitrogens is 1. The lowest BCUT2D eigenvalue weighted by atomic mass is 10.1. The Morgan fingerprint density at radius 2 is 2.11 bits per heavy atom. The number of fused-ring (bicyclic) bond motifs is 1. The first-order chi connectivity index (χ1) is 9.15. The van der Waals surface area contributed by atoms with Gasteiger partial charge in [0.2, 0.25) is 0 Å². The van der Waals surface area contributed by atoms with E-state index in [2.05, 4.69) is 16.2 Å². The number of terminal acetylenes is 1. The standard InChI is InChI=1S/C15H14N2O2/c1-3-4-9-16-15(19)14(18)13-10(2)17-12-8-6-5-7-11(12)13/h1,5-8,17H,4,9H2,2H3,(H,16,19). The van der Waals surface area contributed by atoms with Crippen molar-refractivity contribution in [2.75, 3.05) is 6.54 Å². The Kier molecular flexibility index (Phi) is 3.67. The molecule has 0 saturated heterocycles. The molecule has 0 bridgehead atoms. The van der Waals surface area contributed by atoms with Crippen LogP contribution in [0.4, 0.5) is 0 Å². The van der Waals surface area contributed by atoms with E-state index in [1.54, 1.807) is 6.92 Å². The summed E-state index contributed by atoms with van der Waals surface area (Å²) in [4.78, 5) is 27.0. The van der Waals surface area contributed by atoms with Gasteiger partial charge in [-0.15, -0.1) is 12.3 Å². The van der Waals surface area contributed by atoms with Crippen LogP contribution in [0.2, 0.25) is 0 Å². The molecule has 19 heavy (non-hydrogen) atoms. The Morgan fingerprint density at radius 1 is 1.37 bits per heavy atom. The Morgan fingerprint density at radius 3 is 2.84 bits per heavy atom. The fourth-order valence-electron chi connectivity index (χ4n) is 2.01. The second-order valence-corrected chi connectivity index (χ2v) is 4.21. The second-order valence-electron chi connectivity index (χ2n) is 4.21. The molecule has 0 spiro atoms. The number of hydrogen-bond donors (Lipinski definition) is 2. The average Bonchev–Trinajstić information content (AvgIpc) is 2.74. The van der Waals surface area contributed by atoms with Crippen molar-refractivity contribution in [3.05, 3.63) is 35.5 Å². The largest absolute Gasteiger partial charge is 0.358 e. The molecule has 0 aliphatic carbocycles. The van der Waals surface area contributed by atoms with Crippen LogP contribution in [0.1, 0.15) is 22.5 Å². The Hall–Kier alpha value is -2.54. The number of hydrogen-bond acceptors (Lipinski definition) is 2. The molecule has 2 rings (SSSR count). The summed E-state index contributed by atoms with van der Waals surface area (Å²) in [7, 11) is 0. The van der Waals surface area contributed by atoms with Crippen LogP contribution in [0.15, 0.2) is 24.3 Å². The van der Waals surface area contributed by atoms with E-state index in [0.29, 0.717) is 24.2 Å². The lowest BCUT2D eigenvalue weighted by Crippen LogP contribution is -2.31. The van der Waals surface area contributed by atoms with Gasteiger partial charge in [-0.25, -0.2) is 0 Å². The number of carbonyl (C=O) groups is 2. The molecule has 96 valence electrons. The zero-order valence-corrected chi connectivity index (χ0v) is 10.6. The molecule has 1 aromatic heterocycles. The SMILES string of the molecule is C#CCCNC(=O)C(=O)c1c(C)[nH]c2ccccc12. The molecule has 4 nitrogen and oxygen atoms in total. The van der Waals surface area contributed by atoms with Crippen molar-refractivity contribution in [3.8, 4) is 12.3 Å². The highest BCUT2D eigenvalue weighted by atomic mass is 16.2. The molecule has 0 aliphatic heterocycles. The Bertz CT molecular complexity index is 677. The van der Waals surface area contributed by atoms with Gasteiger partial charge in [-0.2, -0.15) is 0 Å². The maximum atomic E-state index is 12.2. The van der Waals surface area contributed by atoms with E-state index in [1.165, 1.54) is 0 Å². The first-order valence-electron chi connectivity index (χ1n) is 5.98. The van der Waals surface area contributed by atoms with Crippen molar-refractivity contribution < 1.29 is 9.59 Å². The number of rotatable bonds is 4. The normalized spacial score (nSPS) is 10.1. The van der Waals surface area contributed by atoms with E-state index in [0.717, 1.165) is 10.9 Å². The average molecular weight is 254 g/mol. The Balaban J connectivity index is 2.29. The number of Topliss-reactive ketones (excluding diaryl/α,β-unsaturated/α-hetero) is 1. The quantitative estimate of drug-likeness (QED) is 0.378. The summed E-state index contributed by atoms with van der Waals surface area (Å²) in [6.45, 7) is 2.09. The van der Waals surface area contributed by atoms with Gasteiger partial charge in [-0.3, -0.25) is 9.59 Å². The van der Waals surface area contributed by atoms with Crippen molar-refractivity contribution in [1.29, 1.82) is 0 Å². The van der Waals surface area contributed by atoms with Crippen LogP contribution < -0.4 is 5.32 Å². The van der Waals surface area contributed by atoms with E-state index >= 15 is 0 Å². The number of ketones is 1. The molecule has 1 amide bonds. The van der Waals surface area contributed by atoms with Crippen molar-refractivity contribution in [3.63, 3.8) is 0 Å². The smallest absolute Gasteiger partial charge is 0.292 e. The van der Waals surface area contributed by atoms with Gasteiger partial charge in [0.1, 0.15) is 0 Å². The van der Waals surface area contributed by atoms with E-state index in [-0.39, 0.29) is 0 Å². The van der Waals surface area contributed by atoms with Gasteiger partial charge in [-0.05, 0) is 13.0 Å². The molecule has 1 heterocycles. The zero-order chi connectivity index (χ0) is 13.8. The molecular weight excluding hydrogens is 240 g/mol. The number of H-pyrrole nitrogens is 1. The first kappa shape index (κ1) is 12.9. The summed E-state index contributed by atoms with van der Waals surface area (Å²) in [5.74, 6) is 1.25. The minimum absolute atomic E-state index is 0.308. The lowest BCUT2D eigenvalue weighted by Gasteiger charge is -2.02. The van der Waals surface area contributed by atoms with E-state index < -0.39 is 11.7 Å². The lowest BCUT2D eigenvalue weighted by molar-refractivity contribution is -0.116. The monoisotopic (exact) mass is 254 g/mol. The van der Waals surface area contributed by atoms with Gasteiger partial charge >= 0.3 is 0 Å². The number of benzene rings is 1. The van der Waals surface area contributed by atoms with Crippen LogP contribution in [0.25, 0.3) is 10.9 Å². The number of nitrogens with one attached hydrogen (secondary N) is 2. The molecule has 0 unspecified atom stereocenters. The highest BCUT2D eigenvalue weighted by Crippen LogP contribution is 2.22. The molecule has 2 N–H and O–H groups in total. The summed E-state index contributed by atoms with van der Waals surface area (Å²) in [6, 6.07) is 7.40. The summed E-state index contributed by atoms with van der Waals surface area (Å²) in [5, 5.41) is 3.28. The van der Waals surface area contributed by atoms with Gasteiger partial charge < -0.3 is 10.3 Å². The third-order valence-electron chi connectivity index (χ3n) is 2.88. The molecule has 4 heteroatoms. The highest BCUT2D eigenvalue weighted by Gasteiger charge is 2.21. The van der Waals surface area contributed by atoms with Gasteiger partial charge in [-0.1, -0.05) is 18.2 Å². The van der Waals surface area contributed by atoms with E-state index in [1.807, 2.05) is 24.3 Å². The van der Waals surface area contributed by atoms with Crippen LogP contribution in [-0.4, -0.2) is 23.2 Å². The number of aromatic amines is 1. The van der Waals surface area contributed by atoms with Crippen LogP contribution in [-0.2, 0) is 4.79 Å². The zero-order valence-electron chi connectivity index (χ0n) is 10.6. The first-order valence-corrected chi connectivity index (χ1v) is 5.98. The van der Waals surface area contributed by atoms with Gasteiger partial charge in [0.05, 0.1) is 5.56 Å². The third-order valence-corrected chi connectivity index (χ3v) is 2.88. The number of para-hydroxylation sites is 1. The van der Waals surface area contributed by atoms with Crippen LogP contribution in [0, 0.1) is 19.3 Å². The van der Waals surface area contributed by atoms with E-state index in [9.17, 15) is 9.59 Å². The van der Waals surface area contributed by atoms with Crippen molar-refractivity contribution in [2.45, 2.75) is 13.3 Å². The van der Waals surface area contributed by atoms with E-state index in [4.69, 9.17) is 6.42 Å². The minimum atomic E-state index is -0.622. The van der Waals surface area contributed by atoms with Crippen molar-refractivity contribution in [2.24, 2.45) is 0 Å². The Labute approximate surface area is 111 Å². The second kappa shape index (κ2) is 5.40. The maximum Gasteiger partial charge on any atom is 0.292 e. The number of carbonyl (C=O) groups excluding carboxylic acids is 2. The summed E-state index contributed by atoms with van der Waals surface area (Å²) in [5.41, 5.74) is 1.96. The van der Waals surface area contributed by atoms with Crippen LogP contribution in [0.5, 0.6) is 0 Å². The fourth-order valence-corrected chi connectivity index (χ4v) is 2.01. The maximum absolute atomic E-state index is 12.2. The summed E-state index contributed by atoms with van der Waals surface area (Å²) >= 11 is 0. The molecule has 0 aliphatic rings. The van der Waals surface area contributed by atoms with Gasteiger partial charge in [0, 0.05) is 29.6 Å². The number of amides is 1. The number of aryl methyl sites for hydroxylation is 1. The fraction of sp³-hybridized carbons (Fsp3) is 0.200. The van der Waals surface area contributed by atoms with Gasteiger partial charge in [0.15, 0.2) is 0 Å². The molecule has 0 fully saturated rings.